The summed E-state index contributed by atoms with van der Waals surface area (Å²) in [4.78, 5) is 23.5. The number of fused-ring (bicyclic) bond motifs is 2. The van der Waals surface area contributed by atoms with E-state index in [1.807, 2.05) is 18.2 Å². The summed E-state index contributed by atoms with van der Waals surface area (Å²) in [7, 11) is -3.96. The number of nitrogens with one attached hydrogen (secondary N) is 2. The van der Waals surface area contributed by atoms with Crippen LogP contribution < -0.4 is 15.5 Å². The number of benzene rings is 2. The van der Waals surface area contributed by atoms with Crippen LogP contribution in [-0.4, -0.2) is 54.3 Å². The van der Waals surface area contributed by atoms with Crippen molar-refractivity contribution in [2.75, 3.05) is 36.4 Å². The number of aryl methyl sites for hydroxylation is 1. The zero-order chi connectivity index (χ0) is 24.7. The zero-order valence-electron chi connectivity index (χ0n) is 19.6. The molecule has 2 aromatic heterocycles. The Bertz CT molecular complexity index is 1560. The summed E-state index contributed by atoms with van der Waals surface area (Å²) in [5.74, 6) is 0.358. The molecule has 0 saturated carbocycles. The van der Waals surface area contributed by atoms with Crippen molar-refractivity contribution in [3.8, 4) is 0 Å². The zero-order valence-corrected chi connectivity index (χ0v) is 20.5. The van der Waals surface area contributed by atoms with E-state index in [0.29, 0.717) is 29.7 Å². The molecule has 0 atom stereocenters. The van der Waals surface area contributed by atoms with Gasteiger partial charge in [-0.15, -0.1) is 0 Å². The second-order valence-electron chi connectivity index (χ2n) is 9.11. The van der Waals surface area contributed by atoms with Crippen molar-refractivity contribution in [2.45, 2.75) is 24.2 Å². The maximum atomic E-state index is 13.7. The van der Waals surface area contributed by atoms with E-state index in [4.69, 9.17) is 0 Å². The van der Waals surface area contributed by atoms with Crippen LogP contribution >= 0.6 is 0 Å². The van der Waals surface area contributed by atoms with E-state index in [0.717, 1.165) is 43.1 Å². The highest BCUT2D eigenvalue weighted by Crippen LogP contribution is 2.30. The number of anilines is 3. The van der Waals surface area contributed by atoms with Crippen LogP contribution in [0.2, 0.25) is 0 Å². The third-order valence-electron chi connectivity index (χ3n) is 6.81. The first-order valence-corrected chi connectivity index (χ1v) is 13.5. The van der Waals surface area contributed by atoms with Crippen LogP contribution in [0.15, 0.2) is 65.8 Å². The van der Waals surface area contributed by atoms with Crippen LogP contribution in [0.5, 0.6) is 0 Å². The van der Waals surface area contributed by atoms with Gasteiger partial charge in [0.2, 0.25) is 5.95 Å². The number of carbonyl (C=O) groups excluding carboxylic acids is 1. The molecule has 1 saturated heterocycles. The third-order valence-corrected chi connectivity index (χ3v) is 8.56. The summed E-state index contributed by atoms with van der Waals surface area (Å²) in [5, 5.41) is 7.15. The highest BCUT2D eigenvalue weighted by Gasteiger charge is 2.28. The van der Waals surface area contributed by atoms with Crippen molar-refractivity contribution in [2.24, 2.45) is 0 Å². The lowest BCUT2D eigenvalue weighted by molar-refractivity contribution is -0.118. The van der Waals surface area contributed by atoms with Crippen LogP contribution in [0.25, 0.3) is 11.0 Å². The van der Waals surface area contributed by atoms with Gasteiger partial charge >= 0.3 is 0 Å². The number of carbonyl (C=O) groups is 1. The molecule has 0 bridgehead atoms. The van der Waals surface area contributed by atoms with E-state index >= 15 is 0 Å². The Morgan fingerprint density at radius 3 is 2.58 bits per heavy atom. The van der Waals surface area contributed by atoms with Crippen LogP contribution in [0.1, 0.15) is 17.5 Å². The molecule has 0 radical (unpaired) electrons. The minimum Gasteiger partial charge on any atom is -0.369 e. The Morgan fingerprint density at radius 2 is 1.78 bits per heavy atom. The van der Waals surface area contributed by atoms with Crippen molar-refractivity contribution < 1.29 is 13.2 Å². The highest BCUT2D eigenvalue weighted by molar-refractivity contribution is 7.90. The first-order chi connectivity index (χ1) is 17.5. The Morgan fingerprint density at radius 1 is 0.972 bits per heavy atom. The minimum atomic E-state index is -3.96. The van der Waals surface area contributed by atoms with Crippen molar-refractivity contribution in [1.82, 2.24) is 19.3 Å². The average molecular weight is 503 g/mol. The van der Waals surface area contributed by atoms with Gasteiger partial charge in [-0.1, -0.05) is 12.1 Å². The first-order valence-electron chi connectivity index (χ1n) is 12.0. The van der Waals surface area contributed by atoms with Gasteiger partial charge in [0.15, 0.2) is 5.65 Å². The van der Waals surface area contributed by atoms with Crippen LogP contribution in [-0.2, 0) is 27.7 Å². The molecule has 4 aromatic rings. The maximum absolute atomic E-state index is 13.7. The predicted octanol–water partition coefficient (Wildman–Crippen LogP) is 2.88. The summed E-state index contributed by atoms with van der Waals surface area (Å²) < 4.78 is 28.6. The molecule has 2 aromatic carbocycles. The molecule has 0 spiro atoms. The van der Waals surface area contributed by atoms with Gasteiger partial charge in [-0.25, -0.2) is 17.4 Å². The number of nitrogens with zero attached hydrogens (tertiary/aromatic N) is 4. The Hall–Kier alpha value is -3.76. The van der Waals surface area contributed by atoms with E-state index in [1.165, 1.54) is 10.2 Å². The Labute approximate surface area is 209 Å². The molecule has 0 unspecified atom stereocenters. The fourth-order valence-corrected chi connectivity index (χ4v) is 6.48. The third kappa shape index (κ3) is 4.12. The fourth-order valence-electron chi connectivity index (χ4n) is 4.91. The molecular weight excluding hydrogens is 476 g/mol. The summed E-state index contributed by atoms with van der Waals surface area (Å²) in [6, 6.07) is 14.9. The van der Waals surface area contributed by atoms with E-state index < -0.39 is 10.0 Å². The van der Waals surface area contributed by atoms with Crippen molar-refractivity contribution >= 4 is 44.2 Å². The SMILES string of the molecule is O=C1CCc2cccc(S(=O)(=O)n3ccc4cnc(Nc5ccc(N6CCNCC6)cc5)nc43)c2C1. The summed E-state index contributed by atoms with van der Waals surface area (Å²) in [6.07, 6.45) is 4.24. The number of aromatic nitrogens is 3. The number of ketones is 1. The van der Waals surface area contributed by atoms with Crippen LogP contribution in [0, 0.1) is 0 Å². The van der Waals surface area contributed by atoms with Crippen LogP contribution in [0.3, 0.4) is 0 Å². The molecule has 3 heterocycles. The molecule has 36 heavy (non-hydrogen) atoms. The van der Waals surface area contributed by atoms with Gasteiger partial charge < -0.3 is 15.5 Å². The molecule has 6 rings (SSSR count). The summed E-state index contributed by atoms with van der Waals surface area (Å²) in [5.41, 5.74) is 3.75. The maximum Gasteiger partial charge on any atom is 0.269 e. The predicted molar refractivity (Wildman–Crippen MR) is 138 cm³/mol. The minimum absolute atomic E-state index is 0.0549. The van der Waals surface area contributed by atoms with Gasteiger partial charge in [-0.3, -0.25) is 4.79 Å². The van der Waals surface area contributed by atoms with Gasteiger partial charge in [0.1, 0.15) is 5.78 Å². The standard InChI is InChI=1S/C26H26N6O3S/c33-22-9-4-18-2-1-3-24(23(18)16-22)36(34,35)32-13-10-19-17-28-26(30-25(19)32)29-20-5-7-21(8-6-20)31-14-11-27-12-15-31/h1-3,5-8,10,13,17,27H,4,9,11-12,14-16H2,(H,28,29,30). The van der Waals surface area contributed by atoms with Crippen molar-refractivity contribution in [3.63, 3.8) is 0 Å². The van der Waals surface area contributed by atoms with E-state index in [-0.39, 0.29) is 22.7 Å². The van der Waals surface area contributed by atoms with Gasteiger partial charge in [0.05, 0.1) is 4.90 Å². The molecule has 10 heteroatoms. The first kappa shape index (κ1) is 22.7. The topological polar surface area (TPSA) is 109 Å². The second kappa shape index (κ2) is 9.03. The lowest BCUT2D eigenvalue weighted by atomic mass is 9.91. The second-order valence-corrected chi connectivity index (χ2v) is 10.9. The summed E-state index contributed by atoms with van der Waals surface area (Å²) >= 11 is 0. The monoisotopic (exact) mass is 502 g/mol. The molecule has 0 amide bonds. The van der Waals surface area contributed by atoms with Crippen molar-refractivity contribution in [1.29, 1.82) is 0 Å². The smallest absolute Gasteiger partial charge is 0.269 e. The number of rotatable bonds is 5. The van der Waals surface area contributed by atoms with Gasteiger partial charge in [-0.05, 0) is 53.9 Å². The van der Waals surface area contributed by atoms with Gasteiger partial charge in [0.25, 0.3) is 10.0 Å². The lowest BCUT2D eigenvalue weighted by Crippen LogP contribution is -2.43. The van der Waals surface area contributed by atoms with Gasteiger partial charge in [0, 0.05) is 68.2 Å². The normalized spacial score (nSPS) is 16.2. The van der Waals surface area contributed by atoms with E-state index in [9.17, 15) is 13.2 Å². The molecule has 2 N–H and O–H groups in total. The quantitative estimate of drug-likeness (QED) is 0.429. The molecule has 184 valence electrons. The van der Waals surface area contributed by atoms with E-state index in [1.54, 1.807) is 24.4 Å². The Kier molecular flexibility index (Phi) is 5.69. The Balaban J connectivity index is 1.31. The number of Topliss-reactive ketones (excluding diaryl/α,β-unsaturated/α-hetero) is 1. The highest BCUT2D eigenvalue weighted by atomic mass is 32.2. The van der Waals surface area contributed by atoms with Gasteiger partial charge in [-0.2, -0.15) is 4.98 Å². The number of piperazine rings is 1. The molecule has 1 aliphatic carbocycles. The molecule has 9 nitrogen and oxygen atoms in total. The largest absolute Gasteiger partial charge is 0.369 e. The summed E-state index contributed by atoms with van der Waals surface area (Å²) in [6.45, 7) is 3.88. The average Bonchev–Trinajstić information content (AvgIpc) is 3.33. The fraction of sp³-hybridized carbons (Fsp3) is 0.269. The van der Waals surface area contributed by atoms with E-state index in [2.05, 4.69) is 37.6 Å². The lowest BCUT2D eigenvalue weighted by Gasteiger charge is -2.29. The van der Waals surface area contributed by atoms with Crippen LogP contribution in [0.4, 0.5) is 17.3 Å². The molecule has 1 fully saturated rings. The van der Waals surface area contributed by atoms with Crippen molar-refractivity contribution in [3.05, 3.63) is 72.1 Å². The number of hydrogen-bond acceptors (Lipinski definition) is 8. The molecule has 2 aliphatic rings. The number of hydrogen-bond donors (Lipinski definition) is 2. The molecule has 1 aliphatic heterocycles. The molecular formula is C26H26N6O3S.